The van der Waals surface area contributed by atoms with Crippen LogP contribution in [0, 0.1) is 15.9 Å². The molecule has 0 unspecified atom stereocenters. The van der Waals surface area contributed by atoms with Crippen molar-refractivity contribution in [1.82, 2.24) is 5.43 Å². The Morgan fingerprint density at radius 3 is 2.76 bits per heavy atom. The Kier molecular flexibility index (Phi) is 7.90. The van der Waals surface area contributed by atoms with Crippen LogP contribution in [0.15, 0.2) is 41.5 Å². The van der Waals surface area contributed by atoms with Gasteiger partial charge in [-0.15, -0.1) is 6.42 Å². The summed E-state index contributed by atoms with van der Waals surface area (Å²) >= 11 is 2.05. The Balaban J connectivity index is 2.03. The zero-order valence-electron chi connectivity index (χ0n) is 15.2. The largest absolute Gasteiger partial charge is 0.493 e. The minimum Gasteiger partial charge on any atom is -0.493 e. The zero-order chi connectivity index (χ0) is 21.4. The van der Waals surface area contributed by atoms with E-state index in [-0.39, 0.29) is 18.6 Å². The molecule has 29 heavy (non-hydrogen) atoms. The van der Waals surface area contributed by atoms with Crippen molar-refractivity contribution in [3.05, 3.63) is 56.7 Å². The number of terminal acetylenes is 1. The molecule has 9 heteroatoms. The molecular formula is C20H16F3IN2O3. The monoisotopic (exact) mass is 516 g/mol. The topological polar surface area (TPSA) is 59.9 Å². The number of nitrogens with one attached hydrogen (secondary N) is 1. The molecular weight excluding hydrogens is 500 g/mol. The SMILES string of the molecule is C#CCOc1c(I)cc(/C=N/NC(=O)Cc2cccc(C(F)(F)F)c2)cc1OC. The second-order valence-corrected chi connectivity index (χ2v) is 6.86. The fraction of sp³-hybridized carbons (Fsp3) is 0.200. The number of hydrogen-bond donors (Lipinski definition) is 1. The molecule has 1 amide bonds. The highest BCUT2D eigenvalue weighted by atomic mass is 127. The molecule has 0 spiro atoms. The van der Waals surface area contributed by atoms with Gasteiger partial charge in [0.15, 0.2) is 11.5 Å². The summed E-state index contributed by atoms with van der Waals surface area (Å²) in [4.78, 5) is 12.0. The smallest absolute Gasteiger partial charge is 0.416 e. The van der Waals surface area contributed by atoms with Gasteiger partial charge in [-0.05, 0) is 51.9 Å². The maximum absolute atomic E-state index is 12.7. The second kappa shape index (κ2) is 10.2. The molecule has 0 fully saturated rings. The molecule has 0 aliphatic heterocycles. The van der Waals surface area contributed by atoms with E-state index in [1.54, 1.807) is 12.1 Å². The van der Waals surface area contributed by atoms with Gasteiger partial charge in [0.25, 0.3) is 0 Å². The van der Waals surface area contributed by atoms with Gasteiger partial charge in [-0.3, -0.25) is 4.79 Å². The van der Waals surface area contributed by atoms with Gasteiger partial charge >= 0.3 is 6.18 Å². The maximum atomic E-state index is 12.7. The van der Waals surface area contributed by atoms with E-state index in [0.29, 0.717) is 17.1 Å². The molecule has 1 N–H and O–H groups in total. The van der Waals surface area contributed by atoms with E-state index in [9.17, 15) is 18.0 Å². The second-order valence-electron chi connectivity index (χ2n) is 5.70. The highest BCUT2D eigenvalue weighted by molar-refractivity contribution is 14.1. The van der Waals surface area contributed by atoms with E-state index in [0.717, 1.165) is 15.7 Å². The number of rotatable bonds is 7. The molecule has 0 aliphatic carbocycles. The lowest BCUT2D eigenvalue weighted by molar-refractivity contribution is -0.137. The van der Waals surface area contributed by atoms with Crippen LogP contribution in [0.25, 0.3) is 0 Å². The number of hydrogen-bond acceptors (Lipinski definition) is 4. The molecule has 0 radical (unpaired) electrons. The normalized spacial score (nSPS) is 11.2. The van der Waals surface area contributed by atoms with Crippen LogP contribution in [0.2, 0.25) is 0 Å². The molecule has 0 saturated carbocycles. The quantitative estimate of drug-likeness (QED) is 0.262. The fourth-order valence-corrected chi connectivity index (χ4v) is 3.11. The number of carbonyl (C=O) groups is 1. The van der Waals surface area contributed by atoms with Crippen LogP contribution in [0.5, 0.6) is 11.5 Å². The first kappa shape index (κ1) is 22.5. The lowest BCUT2D eigenvalue weighted by atomic mass is 10.1. The van der Waals surface area contributed by atoms with Gasteiger partial charge in [-0.2, -0.15) is 18.3 Å². The summed E-state index contributed by atoms with van der Waals surface area (Å²) in [6, 6.07) is 7.98. The molecule has 0 heterocycles. The number of amides is 1. The van der Waals surface area contributed by atoms with Gasteiger partial charge in [0.05, 0.1) is 28.9 Å². The van der Waals surface area contributed by atoms with Gasteiger partial charge in [-0.1, -0.05) is 24.1 Å². The molecule has 2 aromatic carbocycles. The third kappa shape index (κ3) is 6.67. The van der Waals surface area contributed by atoms with Gasteiger partial charge in [-0.25, -0.2) is 5.43 Å². The van der Waals surface area contributed by atoms with Crippen LogP contribution >= 0.6 is 22.6 Å². The third-order valence-electron chi connectivity index (χ3n) is 3.57. The summed E-state index contributed by atoms with van der Waals surface area (Å²) in [7, 11) is 1.48. The number of nitrogens with zero attached hydrogens (tertiary/aromatic N) is 1. The molecule has 0 aromatic heterocycles. The number of benzene rings is 2. The third-order valence-corrected chi connectivity index (χ3v) is 4.37. The summed E-state index contributed by atoms with van der Waals surface area (Å²) in [5, 5.41) is 3.84. The number of alkyl halides is 3. The van der Waals surface area contributed by atoms with Gasteiger partial charge < -0.3 is 9.47 Å². The van der Waals surface area contributed by atoms with E-state index < -0.39 is 17.6 Å². The fourth-order valence-electron chi connectivity index (χ4n) is 2.33. The van der Waals surface area contributed by atoms with Crippen molar-refractivity contribution in [3.63, 3.8) is 0 Å². The minimum absolute atomic E-state index is 0.0887. The summed E-state index contributed by atoms with van der Waals surface area (Å²) in [6.45, 7) is 0.0887. The first-order valence-corrected chi connectivity index (χ1v) is 9.24. The molecule has 5 nitrogen and oxygen atoms in total. The Hall–Kier alpha value is -2.74. The Morgan fingerprint density at radius 1 is 1.34 bits per heavy atom. The lowest BCUT2D eigenvalue weighted by Crippen LogP contribution is -2.20. The molecule has 152 valence electrons. The number of methoxy groups -OCH3 is 1. The number of hydrazone groups is 1. The van der Waals surface area contributed by atoms with Crippen molar-refractivity contribution in [2.24, 2.45) is 5.10 Å². The van der Waals surface area contributed by atoms with Crippen LogP contribution in [-0.2, 0) is 17.4 Å². The molecule has 0 aliphatic rings. The molecule has 0 saturated heterocycles. The Bertz CT molecular complexity index is 953. The predicted octanol–water partition coefficient (Wildman–Crippen LogP) is 4.02. The van der Waals surface area contributed by atoms with E-state index in [1.165, 1.54) is 25.5 Å². The number of carbonyl (C=O) groups excluding carboxylic acids is 1. The van der Waals surface area contributed by atoms with Crippen molar-refractivity contribution in [3.8, 4) is 23.8 Å². The highest BCUT2D eigenvalue weighted by Gasteiger charge is 2.30. The zero-order valence-corrected chi connectivity index (χ0v) is 17.4. The summed E-state index contributed by atoms with van der Waals surface area (Å²) in [6.07, 6.45) is 1.88. The van der Waals surface area contributed by atoms with Gasteiger partial charge in [0, 0.05) is 0 Å². The number of halogens is 4. The maximum Gasteiger partial charge on any atom is 0.416 e. The average molecular weight is 516 g/mol. The van der Waals surface area contributed by atoms with Crippen molar-refractivity contribution in [2.45, 2.75) is 12.6 Å². The van der Waals surface area contributed by atoms with Crippen LogP contribution in [0.3, 0.4) is 0 Å². The van der Waals surface area contributed by atoms with E-state index in [4.69, 9.17) is 15.9 Å². The molecule has 0 bridgehead atoms. The van der Waals surface area contributed by atoms with Crippen molar-refractivity contribution >= 4 is 34.7 Å². The highest BCUT2D eigenvalue weighted by Crippen LogP contribution is 2.33. The van der Waals surface area contributed by atoms with Gasteiger partial charge in [0.2, 0.25) is 5.91 Å². The average Bonchev–Trinajstić information content (AvgIpc) is 2.66. The first-order chi connectivity index (χ1) is 13.7. The standard InChI is InChI=1S/C20H16F3IN2O3/c1-3-7-29-19-16(24)9-14(10-17(19)28-2)12-25-26-18(27)11-13-5-4-6-15(8-13)20(21,22)23/h1,4-6,8-10,12H,7,11H2,2H3,(H,26,27)/b25-12+. The van der Waals surface area contributed by atoms with E-state index in [1.807, 2.05) is 22.6 Å². The Labute approximate surface area is 179 Å². The summed E-state index contributed by atoms with van der Waals surface area (Å²) < 4.78 is 49.6. The molecule has 0 atom stereocenters. The first-order valence-electron chi connectivity index (χ1n) is 8.16. The van der Waals surface area contributed by atoms with Crippen LogP contribution < -0.4 is 14.9 Å². The van der Waals surface area contributed by atoms with Crippen molar-refractivity contribution in [1.29, 1.82) is 0 Å². The van der Waals surface area contributed by atoms with E-state index >= 15 is 0 Å². The summed E-state index contributed by atoms with van der Waals surface area (Å²) in [5.41, 5.74) is 2.35. The molecule has 2 rings (SSSR count). The van der Waals surface area contributed by atoms with Crippen LogP contribution in [0.4, 0.5) is 13.2 Å². The van der Waals surface area contributed by atoms with Gasteiger partial charge in [0.1, 0.15) is 6.61 Å². The number of ether oxygens (including phenoxy) is 2. The van der Waals surface area contributed by atoms with Crippen LogP contribution in [-0.4, -0.2) is 25.8 Å². The molecule has 2 aromatic rings. The minimum atomic E-state index is -4.46. The summed E-state index contributed by atoms with van der Waals surface area (Å²) in [5.74, 6) is 2.77. The van der Waals surface area contributed by atoms with Crippen molar-refractivity contribution in [2.75, 3.05) is 13.7 Å². The van der Waals surface area contributed by atoms with Crippen LogP contribution in [0.1, 0.15) is 16.7 Å². The van der Waals surface area contributed by atoms with E-state index in [2.05, 4.69) is 16.4 Å². The lowest BCUT2D eigenvalue weighted by Gasteiger charge is -2.11. The van der Waals surface area contributed by atoms with Crippen molar-refractivity contribution < 1.29 is 27.4 Å². The Morgan fingerprint density at radius 2 is 2.10 bits per heavy atom. The predicted molar refractivity (Wildman–Crippen MR) is 111 cm³/mol.